The van der Waals surface area contributed by atoms with E-state index >= 15 is 0 Å². The maximum absolute atomic E-state index is 14.7. The van der Waals surface area contributed by atoms with Crippen molar-refractivity contribution < 1.29 is 52.2 Å². The lowest BCUT2D eigenvalue weighted by molar-refractivity contribution is -0.302. The Morgan fingerprint density at radius 1 is 0.807 bits per heavy atom. The molecule has 1 aliphatic heterocycles. The van der Waals surface area contributed by atoms with E-state index in [-0.39, 0.29) is 37.5 Å². The standard InChI is InChI=1S/C42H54BrN2O11P/c1-6-25-55-41(29-43,56-26-7-2)30-54-40-42(51-5,39(49)45(40)36(57(50,8-3)9-4)38(48)53-28-32-21-15-11-16-22-32)44-35(46)34(33-23-17-12-18-24-33)37(47)52-27-31-19-13-10-14-20-31/h10-24,34,36,40H,6-9,25-30H2,1-5H3,(H,44,46)/t34?,36?,40-,42+/m0/s1. The summed E-state index contributed by atoms with van der Waals surface area (Å²) in [6.45, 7) is 7.25. The highest BCUT2D eigenvalue weighted by atomic mass is 79.9. The lowest BCUT2D eigenvalue weighted by Gasteiger charge is -2.56. The average molecular weight is 874 g/mol. The van der Waals surface area contributed by atoms with Gasteiger partial charge in [0.05, 0.1) is 5.33 Å². The number of β-lactam (4-membered cyclic amide) rings is 1. The number of alkyl halides is 1. The molecule has 0 spiro atoms. The van der Waals surface area contributed by atoms with Crippen LogP contribution in [-0.4, -0.2) is 96.8 Å². The van der Waals surface area contributed by atoms with Gasteiger partial charge in [-0.1, -0.05) is 135 Å². The first kappa shape index (κ1) is 45.8. The van der Waals surface area contributed by atoms with Crippen LogP contribution in [0.3, 0.4) is 0 Å². The third-order valence-corrected chi connectivity index (χ3v) is 14.0. The van der Waals surface area contributed by atoms with E-state index in [1.807, 2.05) is 26.0 Å². The quantitative estimate of drug-likeness (QED) is 0.0259. The van der Waals surface area contributed by atoms with Crippen LogP contribution in [0.4, 0.5) is 0 Å². The van der Waals surface area contributed by atoms with Gasteiger partial charge in [0.2, 0.25) is 11.7 Å². The van der Waals surface area contributed by atoms with Crippen LogP contribution in [0.1, 0.15) is 63.1 Å². The summed E-state index contributed by atoms with van der Waals surface area (Å²) in [6, 6.07) is 26.2. The molecule has 2 amide bonds. The zero-order chi connectivity index (χ0) is 41.5. The summed E-state index contributed by atoms with van der Waals surface area (Å²) in [6.07, 6.45) is -0.173. The van der Waals surface area contributed by atoms with Gasteiger partial charge < -0.3 is 38.3 Å². The summed E-state index contributed by atoms with van der Waals surface area (Å²) in [5.74, 6) is -8.17. The molecule has 4 rings (SSSR count). The van der Waals surface area contributed by atoms with Gasteiger partial charge in [0, 0.05) is 32.6 Å². The second-order valence-corrected chi connectivity index (χ2v) is 17.8. The van der Waals surface area contributed by atoms with Crippen molar-refractivity contribution in [3.63, 3.8) is 0 Å². The molecule has 15 heteroatoms. The van der Waals surface area contributed by atoms with E-state index in [9.17, 15) is 23.7 Å². The molecular weight excluding hydrogens is 819 g/mol. The van der Waals surface area contributed by atoms with Gasteiger partial charge in [-0.2, -0.15) is 0 Å². The Hall–Kier alpha value is -3.91. The minimum Gasteiger partial charge on any atom is -0.460 e. The van der Waals surface area contributed by atoms with Gasteiger partial charge in [-0.05, 0) is 29.5 Å². The fraction of sp³-hybridized carbons (Fsp3) is 0.476. The van der Waals surface area contributed by atoms with Gasteiger partial charge in [0.1, 0.15) is 27.0 Å². The molecule has 13 nitrogen and oxygen atoms in total. The summed E-state index contributed by atoms with van der Waals surface area (Å²) in [5.41, 5.74) is -0.620. The van der Waals surface area contributed by atoms with E-state index in [4.69, 9.17) is 28.4 Å². The van der Waals surface area contributed by atoms with Gasteiger partial charge in [0.15, 0.2) is 17.9 Å². The Morgan fingerprint density at radius 3 is 1.75 bits per heavy atom. The molecule has 0 aromatic heterocycles. The van der Waals surface area contributed by atoms with E-state index in [1.165, 1.54) is 7.11 Å². The van der Waals surface area contributed by atoms with Crippen molar-refractivity contribution in [3.05, 3.63) is 108 Å². The van der Waals surface area contributed by atoms with Crippen LogP contribution in [0.2, 0.25) is 0 Å². The van der Waals surface area contributed by atoms with Crippen LogP contribution in [0.25, 0.3) is 0 Å². The van der Waals surface area contributed by atoms with Gasteiger partial charge in [0.25, 0.3) is 11.6 Å². The number of methoxy groups -OCH3 is 1. The Balaban J connectivity index is 1.77. The van der Waals surface area contributed by atoms with Crippen molar-refractivity contribution >= 4 is 46.8 Å². The van der Waals surface area contributed by atoms with Gasteiger partial charge >= 0.3 is 11.9 Å². The summed E-state index contributed by atoms with van der Waals surface area (Å²) < 4.78 is 50.7. The maximum atomic E-state index is 14.7. The molecule has 3 aromatic rings. The zero-order valence-corrected chi connectivity index (χ0v) is 35.7. The zero-order valence-electron chi connectivity index (χ0n) is 33.2. The third-order valence-electron chi connectivity index (χ3n) is 9.66. The first-order valence-corrected chi connectivity index (χ1v) is 22.4. The van der Waals surface area contributed by atoms with Gasteiger partial charge in [-0.15, -0.1) is 0 Å². The van der Waals surface area contributed by atoms with Crippen LogP contribution in [0.5, 0.6) is 0 Å². The van der Waals surface area contributed by atoms with E-state index in [0.29, 0.717) is 42.7 Å². The van der Waals surface area contributed by atoms with E-state index in [0.717, 1.165) is 4.90 Å². The molecule has 2 unspecified atom stereocenters. The minimum absolute atomic E-state index is 0.0470. The van der Waals surface area contributed by atoms with Crippen LogP contribution in [-0.2, 0) is 65.4 Å². The van der Waals surface area contributed by atoms with Crippen molar-refractivity contribution in [2.45, 2.75) is 83.2 Å². The lowest BCUT2D eigenvalue weighted by atomic mass is 9.94. The Labute approximate surface area is 343 Å². The number of hydrogen-bond donors (Lipinski definition) is 1. The number of ether oxygens (including phenoxy) is 6. The van der Waals surface area contributed by atoms with Crippen LogP contribution < -0.4 is 5.32 Å². The van der Waals surface area contributed by atoms with E-state index < -0.39 is 60.3 Å². The maximum Gasteiger partial charge on any atom is 0.337 e. The fourth-order valence-electron chi connectivity index (χ4n) is 6.36. The molecule has 57 heavy (non-hydrogen) atoms. The summed E-state index contributed by atoms with van der Waals surface area (Å²) >= 11 is 3.50. The third kappa shape index (κ3) is 11.0. The van der Waals surface area contributed by atoms with Crippen LogP contribution in [0.15, 0.2) is 91.0 Å². The number of nitrogens with one attached hydrogen (secondary N) is 1. The van der Waals surface area contributed by atoms with Gasteiger partial charge in [-0.3, -0.25) is 19.3 Å². The molecule has 0 radical (unpaired) electrons. The van der Waals surface area contributed by atoms with Crippen molar-refractivity contribution in [2.24, 2.45) is 0 Å². The largest absolute Gasteiger partial charge is 0.460 e. The van der Waals surface area contributed by atoms with E-state index in [1.54, 1.807) is 92.7 Å². The number of likely N-dealkylation sites (tertiary alicyclic amines) is 1. The second-order valence-electron chi connectivity index (χ2n) is 13.5. The number of rotatable bonds is 24. The molecule has 1 heterocycles. The van der Waals surface area contributed by atoms with Crippen LogP contribution >= 0.6 is 23.1 Å². The molecule has 1 aliphatic rings. The second kappa shape index (κ2) is 21.7. The number of halogens is 1. The number of hydrogen-bond acceptors (Lipinski definition) is 11. The topological polar surface area (TPSA) is 156 Å². The first-order valence-electron chi connectivity index (χ1n) is 19.2. The van der Waals surface area contributed by atoms with Crippen molar-refractivity contribution in [3.8, 4) is 0 Å². The highest BCUT2D eigenvalue weighted by Crippen LogP contribution is 2.55. The Morgan fingerprint density at radius 2 is 1.30 bits per heavy atom. The normalized spacial score (nSPS) is 18.0. The van der Waals surface area contributed by atoms with Gasteiger partial charge in [-0.25, -0.2) is 4.79 Å². The SMILES string of the molecule is CCCOC(CBr)(CO[C@@H]1N(C(C(=O)OCc2ccccc2)P(=O)(CC)CC)C(=O)[C@@]1(NC(=O)C(C(=O)OCc1ccccc1)c1ccccc1)OC)OCCC. The number of esters is 2. The molecule has 0 bridgehead atoms. The number of benzene rings is 3. The lowest BCUT2D eigenvalue weighted by Crippen LogP contribution is -2.84. The molecular formula is C42H54BrN2O11P. The number of carbonyl (C=O) groups is 4. The summed E-state index contributed by atoms with van der Waals surface area (Å²) in [7, 11) is -2.36. The fourth-order valence-corrected chi connectivity index (χ4v) is 9.12. The molecule has 1 N–H and O–H groups in total. The Kier molecular flexibility index (Phi) is 17.5. The highest BCUT2D eigenvalue weighted by Gasteiger charge is 2.69. The van der Waals surface area contributed by atoms with Crippen molar-refractivity contribution in [2.75, 3.05) is 44.6 Å². The molecule has 0 saturated carbocycles. The number of amides is 2. The summed E-state index contributed by atoms with van der Waals surface area (Å²) in [4.78, 5) is 58.1. The molecule has 0 aliphatic carbocycles. The summed E-state index contributed by atoms with van der Waals surface area (Å²) in [5, 5.41) is 2.81. The van der Waals surface area contributed by atoms with Crippen molar-refractivity contribution in [1.82, 2.24) is 10.2 Å². The minimum atomic E-state index is -3.56. The van der Waals surface area contributed by atoms with Crippen molar-refractivity contribution in [1.29, 1.82) is 0 Å². The smallest absolute Gasteiger partial charge is 0.337 e. The molecule has 1 saturated heterocycles. The highest BCUT2D eigenvalue weighted by molar-refractivity contribution is 9.09. The average Bonchev–Trinajstić information content (AvgIpc) is 3.25. The molecule has 4 atom stereocenters. The monoisotopic (exact) mass is 872 g/mol. The predicted octanol–water partition coefficient (Wildman–Crippen LogP) is 6.57. The van der Waals surface area contributed by atoms with E-state index in [2.05, 4.69) is 21.2 Å². The number of carbonyl (C=O) groups excluding carboxylic acids is 4. The molecule has 3 aromatic carbocycles. The first-order chi connectivity index (χ1) is 27.5. The molecule has 1 fully saturated rings. The predicted molar refractivity (Wildman–Crippen MR) is 218 cm³/mol. The number of nitrogens with zero attached hydrogens (tertiary/aromatic N) is 1. The molecule has 310 valence electrons. The van der Waals surface area contributed by atoms with Crippen LogP contribution in [0, 0.1) is 0 Å². The Bertz CT molecular complexity index is 1790.